The predicted molar refractivity (Wildman–Crippen MR) is 122 cm³/mol. The molecule has 0 aromatic carbocycles. The normalized spacial score (nSPS) is 19.6. The van der Waals surface area contributed by atoms with Crippen LogP contribution in [0.2, 0.25) is 0 Å². The average Bonchev–Trinajstić information content (AvgIpc) is 2.80. The summed E-state index contributed by atoms with van der Waals surface area (Å²) in [7, 11) is 3.78. The summed E-state index contributed by atoms with van der Waals surface area (Å²) in [6.07, 6.45) is 3.33. The Morgan fingerprint density at radius 2 is 1.97 bits per heavy atom. The molecule has 0 bridgehead atoms. The standard InChI is InChI=1S/C23H30N6O3/c1-23(32-3)8-12-29(13-9-23)20-16(14-24)21(30)27-17-4-5-18(26-19(17)20)22(31)25-15-6-10-28(2)11-7-15/h4-5,15H,6-13H2,1-3H3,(H,25,31)(H,27,30). The maximum Gasteiger partial charge on any atom is 0.270 e. The number of methoxy groups -OCH3 is 1. The van der Waals surface area contributed by atoms with Crippen molar-refractivity contribution in [1.82, 2.24) is 20.2 Å². The maximum atomic E-state index is 12.9. The van der Waals surface area contributed by atoms with Crippen molar-refractivity contribution in [3.8, 4) is 6.07 Å². The van der Waals surface area contributed by atoms with Gasteiger partial charge in [0.1, 0.15) is 22.8 Å². The van der Waals surface area contributed by atoms with Crippen LogP contribution in [0.1, 0.15) is 48.7 Å². The van der Waals surface area contributed by atoms with Crippen molar-refractivity contribution in [2.75, 3.05) is 45.2 Å². The van der Waals surface area contributed by atoms with Crippen LogP contribution in [0.5, 0.6) is 0 Å². The molecule has 0 aliphatic carbocycles. The number of aromatic amines is 1. The third-order valence-electron chi connectivity index (χ3n) is 6.86. The van der Waals surface area contributed by atoms with Gasteiger partial charge in [-0.3, -0.25) is 9.59 Å². The van der Waals surface area contributed by atoms with Crippen LogP contribution >= 0.6 is 0 Å². The van der Waals surface area contributed by atoms with E-state index in [2.05, 4.69) is 34.2 Å². The first-order chi connectivity index (χ1) is 15.3. The van der Waals surface area contributed by atoms with E-state index in [9.17, 15) is 14.9 Å². The lowest BCUT2D eigenvalue weighted by atomic mass is 9.92. The van der Waals surface area contributed by atoms with Crippen molar-refractivity contribution >= 4 is 22.6 Å². The Kier molecular flexibility index (Phi) is 6.17. The number of carbonyl (C=O) groups is 1. The number of carbonyl (C=O) groups excluding carboxylic acids is 1. The van der Waals surface area contributed by atoms with Crippen LogP contribution in [-0.2, 0) is 4.74 Å². The van der Waals surface area contributed by atoms with E-state index in [1.54, 1.807) is 19.2 Å². The van der Waals surface area contributed by atoms with E-state index in [-0.39, 0.29) is 28.8 Å². The van der Waals surface area contributed by atoms with E-state index in [0.717, 1.165) is 38.8 Å². The van der Waals surface area contributed by atoms with Crippen LogP contribution in [0.3, 0.4) is 0 Å². The van der Waals surface area contributed by atoms with E-state index < -0.39 is 5.56 Å². The van der Waals surface area contributed by atoms with Crippen molar-refractivity contribution in [1.29, 1.82) is 5.26 Å². The summed E-state index contributed by atoms with van der Waals surface area (Å²) in [6.45, 7) is 5.22. The molecule has 0 spiro atoms. The topological polar surface area (TPSA) is 114 Å². The second-order valence-corrected chi connectivity index (χ2v) is 9.07. The second-order valence-electron chi connectivity index (χ2n) is 9.07. The van der Waals surface area contributed by atoms with Gasteiger partial charge in [-0.05, 0) is 64.9 Å². The number of hydrogen-bond acceptors (Lipinski definition) is 7. The predicted octanol–water partition coefficient (Wildman–Crippen LogP) is 1.62. The highest BCUT2D eigenvalue weighted by molar-refractivity contribution is 5.98. The number of anilines is 1. The van der Waals surface area contributed by atoms with E-state index >= 15 is 0 Å². The number of piperidine rings is 2. The third-order valence-corrected chi connectivity index (χ3v) is 6.86. The number of ether oxygens (including phenoxy) is 1. The minimum atomic E-state index is -0.444. The number of fused-ring (bicyclic) bond motifs is 1. The minimum absolute atomic E-state index is 0.0268. The van der Waals surface area contributed by atoms with Gasteiger partial charge in [0.25, 0.3) is 11.5 Å². The molecule has 2 N–H and O–H groups in total. The molecule has 32 heavy (non-hydrogen) atoms. The average molecular weight is 439 g/mol. The van der Waals surface area contributed by atoms with Gasteiger partial charge in [0, 0.05) is 26.2 Å². The van der Waals surface area contributed by atoms with E-state index in [4.69, 9.17) is 4.74 Å². The van der Waals surface area contributed by atoms with Crippen molar-refractivity contribution < 1.29 is 9.53 Å². The molecule has 4 heterocycles. The number of amides is 1. The van der Waals surface area contributed by atoms with Crippen LogP contribution in [0.15, 0.2) is 16.9 Å². The van der Waals surface area contributed by atoms with Gasteiger partial charge >= 0.3 is 0 Å². The first-order valence-electron chi connectivity index (χ1n) is 11.1. The zero-order valence-corrected chi connectivity index (χ0v) is 18.9. The molecule has 1 amide bonds. The summed E-state index contributed by atoms with van der Waals surface area (Å²) < 4.78 is 5.63. The van der Waals surface area contributed by atoms with Gasteiger partial charge < -0.3 is 24.8 Å². The van der Waals surface area contributed by atoms with Gasteiger partial charge in [0.2, 0.25) is 0 Å². The molecule has 2 aliphatic rings. The Bertz CT molecular complexity index is 1110. The van der Waals surface area contributed by atoms with Gasteiger partial charge in [-0.15, -0.1) is 0 Å². The Morgan fingerprint density at radius 1 is 1.28 bits per heavy atom. The maximum absolute atomic E-state index is 12.9. The van der Waals surface area contributed by atoms with Crippen molar-refractivity contribution in [3.05, 3.63) is 33.7 Å². The Morgan fingerprint density at radius 3 is 2.59 bits per heavy atom. The van der Waals surface area contributed by atoms with Crippen LogP contribution in [0.4, 0.5) is 5.69 Å². The fourth-order valence-electron chi connectivity index (χ4n) is 4.51. The Hall–Kier alpha value is -2.96. The number of nitrogens with zero attached hydrogens (tertiary/aromatic N) is 4. The van der Waals surface area contributed by atoms with Crippen molar-refractivity contribution in [3.63, 3.8) is 0 Å². The minimum Gasteiger partial charge on any atom is -0.378 e. The molecule has 0 saturated carbocycles. The van der Waals surface area contributed by atoms with Gasteiger partial charge in [-0.2, -0.15) is 5.26 Å². The van der Waals surface area contributed by atoms with Crippen LogP contribution in [0, 0.1) is 11.3 Å². The van der Waals surface area contributed by atoms with Gasteiger partial charge in [-0.1, -0.05) is 0 Å². The highest BCUT2D eigenvalue weighted by Gasteiger charge is 2.32. The zero-order valence-electron chi connectivity index (χ0n) is 18.9. The number of nitriles is 1. The monoisotopic (exact) mass is 438 g/mol. The van der Waals surface area contributed by atoms with E-state index in [1.165, 1.54) is 0 Å². The molecular formula is C23H30N6O3. The molecule has 9 nitrogen and oxygen atoms in total. The summed E-state index contributed by atoms with van der Waals surface area (Å²) in [5.41, 5.74) is 1.12. The molecule has 170 valence electrons. The third kappa shape index (κ3) is 4.33. The first-order valence-corrected chi connectivity index (χ1v) is 11.1. The van der Waals surface area contributed by atoms with E-state index in [0.29, 0.717) is 29.8 Å². The van der Waals surface area contributed by atoms with Crippen molar-refractivity contribution in [2.45, 2.75) is 44.2 Å². The molecular weight excluding hydrogens is 408 g/mol. The number of pyridine rings is 2. The summed E-state index contributed by atoms with van der Waals surface area (Å²) in [5, 5.41) is 12.8. The van der Waals surface area contributed by atoms with Crippen LogP contribution in [-0.4, -0.2) is 72.8 Å². The number of nitrogens with one attached hydrogen (secondary N) is 2. The molecule has 2 fully saturated rings. The van der Waals surface area contributed by atoms with E-state index in [1.807, 2.05) is 11.0 Å². The number of aromatic nitrogens is 2. The molecule has 0 unspecified atom stereocenters. The molecule has 2 aromatic heterocycles. The van der Waals surface area contributed by atoms with Crippen LogP contribution < -0.4 is 15.8 Å². The summed E-state index contributed by atoms with van der Waals surface area (Å²) in [5.74, 6) is -0.234. The first kappa shape index (κ1) is 22.2. The SMILES string of the molecule is COC1(C)CCN(c2c(C#N)c(=O)[nH]c3ccc(C(=O)NC4CCN(C)CC4)nc23)CC1. The number of rotatable bonds is 4. The van der Waals surface area contributed by atoms with Crippen LogP contribution in [0.25, 0.3) is 11.0 Å². The molecule has 2 aliphatic heterocycles. The summed E-state index contributed by atoms with van der Waals surface area (Å²) in [6, 6.07) is 5.48. The molecule has 2 saturated heterocycles. The largest absolute Gasteiger partial charge is 0.378 e. The smallest absolute Gasteiger partial charge is 0.270 e. The lowest BCUT2D eigenvalue weighted by molar-refractivity contribution is -0.0132. The molecule has 2 aromatic rings. The fourth-order valence-corrected chi connectivity index (χ4v) is 4.51. The fraction of sp³-hybridized carbons (Fsp3) is 0.565. The highest BCUT2D eigenvalue weighted by atomic mass is 16.5. The lowest BCUT2D eigenvalue weighted by Gasteiger charge is -2.39. The number of H-pyrrole nitrogens is 1. The number of hydrogen-bond donors (Lipinski definition) is 2. The second kappa shape index (κ2) is 8.88. The highest BCUT2D eigenvalue weighted by Crippen LogP contribution is 2.32. The zero-order chi connectivity index (χ0) is 22.9. The number of likely N-dealkylation sites (tertiary alicyclic amines) is 1. The summed E-state index contributed by atoms with van der Waals surface area (Å²) in [4.78, 5) is 37.1. The molecule has 0 radical (unpaired) electrons. The molecule has 9 heteroatoms. The molecule has 0 atom stereocenters. The van der Waals surface area contributed by atoms with Gasteiger partial charge in [-0.25, -0.2) is 4.98 Å². The summed E-state index contributed by atoms with van der Waals surface area (Å²) >= 11 is 0. The van der Waals surface area contributed by atoms with Gasteiger partial charge in [0.05, 0.1) is 16.8 Å². The van der Waals surface area contributed by atoms with Gasteiger partial charge in [0.15, 0.2) is 0 Å². The van der Waals surface area contributed by atoms with Crippen molar-refractivity contribution in [2.24, 2.45) is 0 Å². The molecule has 4 rings (SSSR count). The Labute approximate surface area is 187 Å². The lowest BCUT2D eigenvalue weighted by Crippen LogP contribution is -2.44. The quantitative estimate of drug-likeness (QED) is 0.746. The Balaban J connectivity index is 1.68.